The Morgan fingerprint density at radius 3 is 2.39 bits per heavy atom. The maximum absolute atomic E-state index is 12.7. The fraction of sp³-hybridized carbons (Fsp3) is 0.381. The van der Waals surface area contributed by atoms with Crippen LogP contribution in [0.5, 0.6) is 5.75 Å². The molecule has 1 amide bonds. The van der Waals surface area contributed by atoms with Crippen LogP contribution < -0.4 is 10.1 Å². The number of hydrogen-bond acceptors (Lipinski definition) is 4. The summed E-state index contributed by atoms with van der Waals surface area (Å²) in [6, 6.07) is 13.8. The summed E-state index contributed by atoms with van der Waals surface area (Å²) in [5, 5.41) is 2.76. The molecule has 6 nitrogen and oxygen atoms in total. The summed E-state index contributed by atoms with van der Waals surface area (Å²) in [5.41, 5.74) is 1.58. The number of rotatable bonds is 6. The van der Waals surface area contributed by atoms with Crippen LogP contribution in [0.25, 0.3) is 0 Å². The fourth-order valence-electron chi connectivity index (χ4n) is 3.15. The normalized spacial score (nSPS) is 16.4. The molecule has 0 unspecified atom stereocenters. The average molecular weight is 403 g/mol. The molecule has 1 atom stereocenters. The number of anilines is 1. The molecule has 28 heavy (non-hydrogen) atoms. The molecule has 0 bridgehead atoms. The van der Waals surface area contributed by atoms with Crippen molar-refractivity contribution in [2.45, 2.75) is 44.1 Å². The monoisotopic (exact) mass is 402 g/mol. The second-order valence-electron chi connectivity index (χ2n) is 7.05. The molecule has 0 spiro atoms. The Morgan fingerprint density at radius 1 is 1.07 bits per heavy atom. The Balaban J connectivity index is 1.62. The van der Waals surface area contributed by atoms with Crippen LogP contribution in [-0.2, 0) is 14.8 Å². The van der Waals surface area contributed by atoms with Crippen molar-refractivity contribution < 1.29 is 17.9 Å². The summed E-state index contributed by atoms with van der Waals surface area (Å²) in [7, 11) is -3.47. The van der Waals surface area contributed by atoms with E-state index >= 15 is 0 Å². The van der Waals surface area contributed by atoms with Crippen molar-refractivity contribution in [3.8, 4) is 5.75 Å². The number of nitrogens with one attached hydrogen (secondary N) is 1. The summed E-state index contributed by atoms with van der Waals surface area (Å²) >= 11 is 0. The zero-order valence-corrected chi connectivity index (χ0v) is 17.0. The van der Waals surface area contributed by atoms with Gasteiger partial charge >= 0.3 is 0 Å². The first-order valence-electron chi connectivity index (χ1n) is 9.51. The molecule has 0 aliphatic carbocycles. The van der Waals surface area contributed by atoms with E-state index < -0.39 is 16.1 Å². The Labute approximate surface area is 166 Å². The SMILES string of the molecule is Cc1cccc(O[C@@H](C)C(=O)Nc2ccc(S(=O)(=O)N3CCCCC3)cc2)c1. The lowest BCUT2D eigenvalue weighted by Crippen LogP contribution is -2.35. The molecule has 2 aromatic carbocycles. The fourth-order valence-corrected chi connectivity index (χ4v) is 4.67. The maximum atomic E-state index is 12.7. The number of hydrogen-bond donors (Lipinski definition) is 1. The Bertz CT molecular complexity index is 920. The van der Waals surface area contributed by atoms with Crippen molar-refractivity contribution in [2.75, 3.05) is 18.4 Å². The molecule has 1 aliphatic rings. The molecule has 1 heterocycles. The number of benzene rings is 2. The van der Waals surface area contributed by atoms with E-state index in [0.717, 1.165) is 24.8 Å². The highest BCUT2D eigenvalue weighted by molar-refractivity contribution is 7.89. The number of piperidine rings is 1. The van der Waals surface area contributed by atoms with Crippen molar-refractivity contribution in [1.29, 1.82) is 0 Å². The standard InChI is InChI=1S/C21H26N2O4S/c1-16-7-6-8-19(15-16)27-17(2)21(24)22-18-9-11-20(12-10-18)28(25,26)23-13-4-3-5-14-23/h6-12,15,17H,3-5,13-14H2,1-2H3,(H,22,24)/t17-/m0/s1. The number of nitrogens with zero attached hydrogens (tertiary/aromatic N) is 1. The minimum Gasteiger partial charge on any atom is -0.481 e. The average Bonchev–Trinajstić information content (AvgIpc) is 2.69. The molecule has 3 rings (SSSR count). The first kappa shape index (κ1) is 20.4. The van der Waals surface area contributed by atoms with Crippen LogP contribution in [0.2, 0.25) is 0 Å². The highest BCUT2D eigenvalue weighted by atomic mass is 32.2. The Kier molecular flexibility index (Phi) is 6.36. The van der Waals surface area contributed by atoms with Gasteiger partial charge in [0, 0.05) is 18.8 Å². The van der Waals surface area contributed by atoms with Crippen molar-refractivity contribution in [2.24, 2.45) is 0 Å². The Morgan fingerprint density at radius 2 is 1.75 bits per heavy atom. The van der Waals surface area contributed by atoms with Crippen molar-refractivity contribution in [1.82, 2.24) is 4.31 Å². The van der Waals surface area contributed by atoms with Crippen LogP contribution in [0.3, 0.4) is 0 Å². The largest absolute Gasteiger partial charge is 0.481 e. The lowest BCUT2D eigenvalue weighted by atomic mass is 10.2. The van der Waals surface area contributed by atoms with E-state index in [0.29, 0.717) is 24.5 Å². The van der Waals surface area contributed by atoms with Crippen LogP contribution >= 0.6 is 0 Å². The van der Waals surface area contributed by atoms with Crippen molar-refractivity contribution in [3.05, 3.63) is 54.1 Å². The first-order chi connectivity index (χ1) is 13.4. The van der Waals surface area contributed by atoms with Gasteiger partial charge in [0.15, 0.2) is 6.10 Å². The predicted octanol–water partition coefficient (Wildman–Crippen LogP) is 3.58. The van der Waals surface area contributed by atoms with Gasteiger partial charge in [0.1, 0.15) is 5.75 Å². The second kappa shape index (κ2) is 8.75. The van der Waals surface area contributed by atoms with E-state index in [1.165, 1.54) is 16.4 Å². The number of aryl methyl sites for hydroxylation is 1. The van der Waals surface area contributed by atoms with Gasteiger partial charge in [-0.05, 0) is 68.7 Å². The minimum absolute atomic E-state index is 0.247. The van der Waals surface area contributed by atoms with Crippen LogP contribution in [0.15, 0.2) is 53.4 Å². The van der Waals surface area contributed by atoms with Crippen LogP contribution in [0, 0.1) is 6.92 Å². The van der Waals surface area contributed by atoms with E-state index in [4.69, 9.17) is 4.74 Å². The Hall–Kier alpha value is -2.38. The lowest BCUT2D eigenvalue weighted by molar-refractivity contribution is -0.122. The van der Waals surface area contributed by atoms with Crippen LogP contribution in [0.4, 0.5) is 5.69 Å². The van der Waals surface area contributed by atoms with E-state index in [9.17, 15) is 13.2 Å². The number of carbonyl (C=O) groups is 1. The van der Waals surface area contributed by atoms with Gasteiger partial charge in [0.25, 0.3) is 5.91 Å². The van der Waals surface area contributed by atoms with Gasteiger partial charge in [-0.2, -0.15) is 4.31 Å². The van der Waals surface area contributed by atoms with Gasteiger partial charge in [0.05, 0.1) is 4.90 Å². The highest BCUT2D eigenvalue weighted by Gasteiger charge is 2.25. The molecule has 0 aromatic heterocycles. The maximum Gasteiger partial charge on any atom is 0.265 e. The summed E-state index contributed by atoms with van der Waals surface area (Å²) in [4.78, 5) is 12.6. The van der Waals surface area contributed by atoms with Crippen molar-refractivity contribution in [3.63, 3.8) is 0 Å². The van der Waals surface area contributed by atoms with Gasteiger partial charge in [-0.1, -0.05) is 18.6 Å². The van der Waals surface area contributed by atoms with E-state index in [1.807, 2.05) is 25.1 Å². The molecule has 150 valence electrons. The van der Waals surface area contributed by atoms with Gasteiger partial charge in [-0.15, -0.1) is 0 Å². The molecule has 7 heteroatoms. The first-order valence-corrected chi connectivity index (χ1v) is 10.9. The molecular formula is C21H26N2O4S. The van der Waals surface area contributed by atoms with Gasteiger partial charge in [0.2, 0.25) is 10.0 Å². The molecule has 1 aliphatic heterocycles. The number of ether oxygens (including phenoxy) is 1. The molecule has 0 radical (unpaired) electrons. The third kappa shape index (κ3) is 4.91. The smallest absolute Gasteiger partial charge is 0.265 e. The molecule has 2 aromatic rings. The van der Waals surface area contributed by atoms with Gasteiger partial charge in [-0.25, -0.2) is 8.42 Å². The summed E-state index contributed by atoms with van der Waals surface area (Å²) in [5.74, 6) is 0.332. The number of amides is 1. The number of carbonyl (C=O) groups excluding carboxylic acids is 1. The van der Waals surface area contributed by atoms with E-state index in [2.05, 4.69) is 5.32 Å². The lowest BCUT2D eigenvalue weighted by Gasteiger charge is -2.25. The molecule has 1 saturated heterocycles. The van der Waals surface area contributed by atoms with Gasteiger partial charge in [-0.3, -0.25) is 4.79 Å². The van der Waals surface area contributed by atoms with Crippen LogP contribution in [-0.4, -0.2) is 37.8 Å². The quantitative estimate of drug-likeness (QED) is 0.801. The second-order valence-corrected chi connectivity index (χ2v) is 8.99. The van der Waals surface area contributed by atoms with E-state index in [-0.39, 0.29) is 10.8 Å². The highest BCUT2D eigenvalue weighted by Crippen LogP contribution is 2.22. The molecule has 1 N–H and O–H groups in total. The van der Waals surface area contributed by atoms with Gasteiger partial charge < -0.3 is 10.1 Å². The summed E-state index contributed by atoms with van der Waals surface area (Å²) < 4.78 is 32.6. The van der Waals surface area contributed by atoms with Crippen LogP contribution in [0.1, 0.15) is 31.7 Å². The molecule has 0 saturated carbocycles. The zero-order valence-electron chi connectivity index (χ0n) is 16.2. The predicted molar refractivity (Wildman–Crippen MR) is 109 cm³/mol. The third-order valence-corrected chi connectivity index (χ3v) is 6.66. The molecular weight excluding hydrogens is 376 g/mol. The topological polar surface area (TPSA) is 75.7 Å². The number of sulfonamides is 1. The molecule has 1 fully saturated rings. The third-order valence-electron chi connectivity index (χ3n) is 4.75. The van der Waals surface area contributed by atoms with Crippen molar-refractivity contribution >= 4 is 21.6 Å². The minimum atomic E-state index is -3.47. The summed E-state index contributed by atoms with van der Waals surface area (Å²) in [6.07, 6.45) is 2.18. The summed E-state index contributed by atoms with van der Waals surface area (Å²) in [6.45, 7) is 4.76. The zero-order chi connectivity index (χ0) is 20.1. The van der Waals surface area contributed by atoms with E-state index in [1.54, 1.807) is 25.1 Å².